The van der Waals surface area contributed by atoms with Crippen LogP contribution in [0.1, 0.15) is 22.5 Å². The van der Waals surface area contributed by atoms with Gasteiger partial charge in [-0.1, -0.05) is 17.7 Å². The van der Waals surface area contributed by atoms with E-state index in [1.165, 1.54) is 16.0 Å². The molecule has 1 amide bonds. The van der Waals surface area contributed by atoms with Gasteiger partial charge < -0.3 is 5.32 Å². The summed E-state index contributed by atoms with van der Waals surface area (Å²) in [6, 6.07) is 6.14. The van der Waals surface area contributed by atoms with Crippen LogP contribution in [-0.4, -0.2) is 25.6 Å². The van der Waals surface area contributed by atoms with E-state index in [4.69, 9.17) is 0 Å². The Labute approximate surface area is 160 Å². The van der Waals surface area contributed by atoms with Crippen molar-refractivity contribution in [3.63, 3.8) is 0 Å². The number of aryl methyl sites for hydroxylation is 3. The summed E-state index contributed by atoms with van der Waals surface area (Å²) in [7, 11) is 0. The van der Waals surface area contributed by atoms with Crippen LogP contribution in [0.15, 0.2) is 23.6 Å². The van der Waals surface area contributed by atoms with Crippen LogP contribution in [0.2, 0.25) is 0 Å². The Kier molecular flexibility index (Phi) is 5.04. The lowest BCUT2D eigenvalue weighted by atomic mass is 10.0. The van der Waals surface area contributed by atoms with Gasteiger partial charge >= 0.3 is 5.69 Å². The SMILES string of the molecule is Cc1ccc(C)c(-c2csc(NC(=O)Cn3nc(C)c([N+](=O)[O-])c3C)n2)c1. The van der Waals surface area contributed by atoms with Gasteiger partial charge in [-0.05, 0) is 39.3 Å². The van der Waals surface area contributed by atoms with Gasteiger partial charge in [-0.2, -0.15) is 5.10 Å². The molecule has 0 aliphatic carbocycles. The second kappa shape index (κ2) is 7.28. The Balaban J connectivity index is 1.74. The van der Waals surface area contributed by atoms with Crippen LogP contribution in [0.4, 0.5) is 10.8 Å². The predicted molar refractivity (Wildman–Crippen MR) is 104 cm³/mol. The van der Waals surface area contributed by atoms with Crippen molar-refractivity contribution >= 4 is 28.1 Å². The van der Waals surface area contributed by atoms with Crippen LogP contribution in [-0.2, 0) is 11.3 Å². The number of benzene rings is 1. The topological polar surface area (TPSA) is 103 Å². The second-order valence-corrected chi connectivity index (χ2v) is 7.20. The molecule has 0 fully saturated rings. The normalized spacial score (nSPS) is 10.8. The van der Waals surface area contributed by atoms with E-state index in [9.17, 15) is 14.9 Å². The molecule has 1 aromatic carbocycles. The lowest BCUT2D eigenvalue weighted by Gasteiger charge is -2.05. The Morgan fingerprint density at radius 3 is 2.70 bits per heavy atom. The standard InChI is InChI=1S/C18H19N5O3S/c1-10-5-6-11(2)14(7-10)15-9-27-18(19-15)20-16(24)8-22-13(4)17(23(25)26)12(3)21-22/h5-7,9H,8H2,1-4H3,(H,19,20,24). The summed E-state index contributed by atoms with van der Waals surface area (Å²) in [6.07, 6.45) is 0. The van der Waals surface area contributed by atoms with Gasteiger partial charge in [0.15, 0.2) is 5.13 Å². The minimum atomic E-state index is -0.483. The zero-order chi connectivity index (χ0) is 19.7. The Hall–Kier alpha value is -3.07. The molecule has 0 aliphatic rings. The molecule has 9 heteroatoms. The largest absolute Gasteiger partial charge is 0.312 e. The number of rotatable bonds is 5. The molecule has 0 saturated heterocycles. The van der Waals surface area contributed by atoms with Crippen molar-refractivity contribution < 1.29 is 9.72 Å². The van der Waals surface area contributed by atoms with Crippen molar-refractivity contribution in [1.82, 2.24) is 14.8 Å². The van der Waals surface area contributed by atoms with Gasteiger partial charge in [0.25, 0.3) is 0 Å². The highest BCUT2D eigenvalue weighted by Crippen LogP contribution is 2.28. The number of anilines is 1. The maximum atomic E-state index is 12.3. The summed E-state index contributed by atoms with van der Waals surface area (Å²) in [4.78, 5) is 27.4. The molecule has 0 spiro atoms. The van der Waals surface area contributed by atoms with E-state index < -0.39 is 4.92 Å². The molecule has 27 heavy (non-hydrogen) atoms. The van der Waals surface area contributed by atoms with Crippen molar-refractivity contribution in [1.29, 1.82) is 0 Å². The number of nitro groups is 1. The molecule has 2 heterocycles. The zero-order valence-corrected chi connectivity index (χ0v) is 16.3. The lowest BCUT2D eigenvalue weighted by Crippen LogP contribution is -2.20. The molecule has 3 aromatic rings. The molecule has 8 nitrogen and oxygen atoms in total. The predicted octanol–water partition coefficient (Wildman–Crippen LogP) is 3.79. The fourth-order valence-electron chi connectivity index (χ4n) is 2.87. The van der Waals surface area contributed by atoms with Gasteiger partial charge in [0.05, 0.1) is 10.6 Å². The highest BCUT2D eigenvalue weighted by molar-refractivity contribution is 7.14. The smallest absolute Gasteiger partial charge is 0.300 e. The number of hydrogen-bond acceptors (Lipinski definition) is 6. The molecular formula is C18H19N5O3S. The van der Waals surface area contributed by atoms with E-state index in [0.717, 1.165) is 22.4 Å². The maximum Gasteiger partial charge on any atom is 0.312 e. The van der Waals surface area contributed by atoms with Gasteiger partial charge in [-0.25, -0.2) is 4.98 Å². The molecular weight excluding hydrogens is 366 g/mol. The number of nitrogens with one attached hydrogen (secondary N) is 1. The van der Waals surface area contributed by atoms with E-state index in [2.05, 4.69) is 21.5 Å². The van der Waals surface area contributed by atoms with Crippen molar-refractivity contribution in [2.24, 2.45) is 0 Å². The third-order valence-electron chi connectivity index (χ3n) is 4.24. The maximum absolute atomic E-state index is 12.3. The summed E-state index contributed by atoms with van der Waals surface area (Å²) in [5, 5.41) is 20.3. The van der Waals surface area contributed by atoms with Gasteiger partial charge in [0, 0.05) is 10.9 Å². The van der Waals surface area contributed by atoms with Crippen molar-refractivity contribution in [2.45, 2.75) is 34.2 Å². The van der Waals surface area contributed by atoms with Crippen molar-refractivity contribution in [3.05, 3.63) is 56.2 Å². The third-order valence-corrected chi connectivity index (χ3v) is 5.00. The second-order valence-electron chi connectivity index (χ2n) is 6.34. The van der Waals surface area contributed by atoms with E-state index in [-0.39, 0.29) is 23.8 Å². The zero-order valence-electron chi connectivity index (χ0n) is 15.4. The van der Waals surface area contributed by atoms with E-state index in [1.54, 1.807) is 13.8 Å². The fraction of sp³-hybridized carbons (Fsp3) is 0.278. The molecule has 0 unspecified atom stereocenters. The Morgan fingerprint density at radius 2 is 2.04 bits per heavy atom. The van der Waals surface area contributed by atoms with Gasteiger partial charge in [0.1, 0.15) is 17.9 Å². The van der Waals surface area contributed by atoms with Crippen LogP contribution >= 0.6 is 11.3 Å². The van der Waals surface area contributed by atoms with Crippen molar-refractivity contribution in [3.8, 4) is 11.3 Å². The number of carbonyl (C=O) groups excluding carboxylic acids is 1. The quantitative estimate of drug-likeness (QED) is 0.532. The van der Waals surface area contributed by atoms with Gasteiger partial charge in [-0.3, -0.25) is 19.6 Å². The first-order valence-electron chi connectivity index (χ1n) is 8.27. The summed E-state index contributed by atoms with van der Waals surface area (Å²) in [6.45, 7) is 7.05. The number of thiazole rings is 1. The number of hydrogen-bond donors (Lipinski definition) is 1. The first-order valence-corrected chi connectivity index (χ1v) is 9.15. The molecule has 0 saturated carbocycles. The first-order chi connectivity index (χ1) is 12.8. The van der Waals surface area contributed by atoms with Crippen LogP contribution in [0, 0.1) is 37.8 Å². The average molecular weight is 385 g/mol. The highest BCUT2D eigenvalue weighted by atomic mass is 32.1. The van der Waals surface area contributed by atoms with Crippen LogP contribution in [0.5, 0.6) is 0 Å². The number of carbonyl (C=O) groups is 1. The van der Waals surface area contributed by atoms with Crippen LogP contribution in [0.25, 0.3) is 11.3 Å². The number of aromatic nitrogens is 3. The number of amides is 1. The summed E-state index contributed by atoms with van der Waals surface area (Å²) >= 11 is 1.33. The minimum absolute atomic E-state index is 0.0609. The Bertz CT molecular complexity index is 1040. The summed E-state index contributed by atoms with van der Waals surface area (Å²) in [5.41, 5.74) is 4.66. The van der Waals surface area contributed by atoms with E-state index in [0.29, 0.717) is 10.8 Å². The van der Waals surface area contributed by atoms with Gasteiger partial charge in [-0.15, -0.1) is 11.3 Å². The van der Waals surface area contributed by atoms with Gasteiger partial charge in [0.2, 0.25) is 5.91 Å². The Morgan fingerprint density at radius 1 is 1.30 bits per heavy atom. The average Bonchev–Trinajstić information content (AvgIpc) is 3.14. The van der Waals surface area contributed by atoms with Crippen LogP contribution < -0.4 is 5.32 Å². The van der Waals surface area contributed by atoms with E-state index >= 15 is 0 Å². The lowest BCUT2D eigenvalue weighted by molar-refractivity contribution is -0.386. The summed E-state index contributed by atoms with van der Waals surface area (Å²) < 4.78 is 1.34. The fourth-order valence-corrected chi connectivity index (χ4v) is 3.59. The first kappa shape index (κ1) is 18.7. The van der Waals surface area contributed by atoms with E-state index in [1.807, 2.05) is 31.4 Å². The molecule has 0 bridgehead atoms. The molecule has 3 rings (SSSR count). The highest BCUT2D eigenvalue weighted by Gasteiger charge is 2.23. The number of nitrogens with zero attached hydrogens (tertiary/aromatic N) is 4. The molecule has 1 N–H and O–H groups in total. The van der Waals surface area contributed by atoms with Crippen LogP contribution in [0.3, 0.4) is 0 Å². The third kappa shape index (κ3) is 3.87. The molecule has 2 aromatic heterocycles. The molecule has 0 atom stereocenters. The minimum Gasteiger partial charge on any atom is -0.300 e. The molecule has 0 aliphatic heterocycles. The molecule has 0 radical (unpaired) electrons. The molecule has 140 valence electrons. The van der Waals surface area contributed by atoms with Crippen molar-refractivity contribution in [2.75, 3.05) is 5.32 Å². The summed E-state index contributed by atoms with van der Waals surface area (Å²) in [5.74, 6) is -0.336. The monoisotopic (exact) mass is 385 g/mol.